The van der Waals surface area contributed by atoms with Crippen LogP contribution >= 0.6 is 0 Å². The van der Waals surface area contributed by atoms with Crippen molar-refractivity contribution in [1.29, 1.82) is 0 Å². The fourth-order valence-electron chi connectivity index (χ4n) is 2.71. The van der Waals surface area contributed by atoms with Crippen molar-refractivity contribution in [3.63, 3.8) is 0 Å². The standard InChI is InChI=1S/C13H23F3N2O/c1-9(2)8-12(19)18-10(6-7-17)4-3-5-11(18)13(14,15)16/h9-11H,3-8,17H2,1-2H3. The molecule has 0 aromatic carbocycles. The van der Waals surface area contributed by atoms with Gasteiger partial charge in [0.25, 0.3) is 0 Å². The number of likely N-dealkylation sites (tertiary alicyclic amines) is 1. The first-order chi connectivity index (χ1) is 8.77. The van der Waals surface area contributed by atoms with Gasteiger partial charge in [-0.15, -0.1) is 0 Å². The summed E-state index contributed by atoms with van der Waals surface area (Å²) in [6.07, 6.45) is -2.62. The summed E-state index contributed by atoms with van der Waals surface area (Å²) in [5, 5.41) is 0. The highest BCUT2D eigenvalue weighted by molar-refractivity contribution is 5.77. The average Bonchev–Trinajstić information content (AvgIpc) is 2.26. The Balaban J connectivity index is 2.92. The van der Waals surface area contributed by atoms with Crippen LogP contribution in [0.5, 0.6) is 0 Å². The van der Waals surface area contributed by atoms with E-state index in [1.807, 2.05) is 13.8 Å². The van der Waals surface area contributed by atoms with E-state index in [-0.39, 0.29) is 24.8 Å². The number of carbonyl (C=O) groups excluding carboxylic acids is 1. The van der Waals surface area contributed by atoms with Gasteiger partial charge in [0.1, 0.15) is 6.04 Å². The predicted octanol–water partition coefficient (Wildman–Crippen LogP) is 2.69. The van der Waals surface area contributed by atoms with E-state index in [1.54, 1.807) is 0 Å². The van der Waals surface area contributed by atoms with Crippen LogP contribution in [0.2, 0.25) is 0 Å². The molecule has 1 aliphatic heterocycles. The molecule has 1 saturated heterocycles. The van der Waals surface area contributed by atoms with E-state index in [2.05, 4.69) is 0 Å². The number of piperidine rings is 1. The van der Waals surface area contributed by atoms with Crippen LogP contribution < -0.4 is 5.73 Å². The summed E-state index contributed by atoms with van der Waals surface area (Å²) in [5.41, 5.74) is 5.46. The Bertz CT molecular complexity index is 303. The molecule has 2 atom stereocenters. The van der Waals surface area contributed by atoms with E-state index in [9.17, 15) is 18.0 Å². The van der Waals surface area contributed by atoms with Gasteiger partial charge in [0, 0.05) is 12.5 Å². The zero-order valence-electron chi connectivity index (χ0n) is 11.5. The van der Waals surface area contributed by atoms with Crippen molar-refractivity contribution in [1.82, 2.24) is 4.90 Å². The Kier molecular flexibility index (Phi) is 5.64. The lowest BCUT2D eigenvalue weighted by Crippen LogP contribution is -2.56. The third kappa shape index (κ3) is 4.37. The Morgan fingerprint density at radius 1 is 1.37 bits per heavy atom. The van der Waals surface area contributed by atoms with Gasteiger partial charge in [-0.05, 0) is 38.1 Å². The molecule has 0 radical (unpaired) electrons. The predicted molar refractivity (Wildman–Crippen MR) is 67.5 cm³/mol. The molecule has 1 fully saturated rings. The zero-order chi connectivity index (χ0) is 14.6. The molecule has 112 valence electrons. The molecular formula is C13H23F3N2O. The Morgan fingerprint density at radius 2 is 2.00 bits per heavy atom. The number of rotatable bonds is 4. The second kappa shape index (κ2) is 6.59. The maximum atomic E-state index is 13.1. The van der Waals surface area contributed by atoms with E-state index < -0.39 is 18.1 Å². The Labute approximate surface area is 112 Å². The van der Waals surface area contributed by atoms with Crippen LogP contribution in [0, 0.1) is 5.92 Å². The largest absolute Gasteiger partial charge is 0.408 e. The van der Waals surface area contributed by atoms with Gasteiger partial charge in [-0.1, -0.05) is 13.8 Å². The van der Waals surface area contributed by atoms with Gasteiger partial charge in [-0.2, -0.15) is 13.2 Å². The smallest absolute Gasteiger partial charge is 0.330 e. The third-order valence-corrected chi connectivity index (χ3v) is 3.49. The Hall–Kier alpha value is -0.780. The zero-order valence-corrected chi connectivity index (χ0v) is 11.5. The summed E-state index contributed by atoms with van der Waals surface area (Å²) in [6.45, 7) is 3.98. The van der Waals surface area contributed by atoms with Gasteiger partial charge in [0.05, 0.1) is 0 Å². The van der Waals surface area contributed by atoms with Gasteiger partial charge in [-0.3, -0.25) is 4.79 Å². The maximum absolute atomic E-state index is 13.1. The molecule has 3 nitrogen and oxygen atoms in total. The van der Waals surface area contributed by atoms with Crippen molar-refractivity contribution in [2.45, 2.75) is 64.2 Å². The van der Waals surface area contributed by atoms with Crippen LogP contribution in [-0.4, -0.2) is 35.6 Å². The lowest BCUT2D eigenvalue weighted by atomic mass is 9.92. The number of hydrogen-bond donors (Lipinski definition) is 1. The Morgan fingerprint density at radius 3 is 2.47 bits per heavy atom. The SMILES string of the molecule is CC(C)CC(=O)N1C(CCN)CCCC1C(F)(F)F. The first-order valence-corrected chi connectivity index (χ1v) is 6.85. The average molecular weight is 280 g/mol. The first kappa shape index (κ1) is 16.3. The van der Waals surface area contributed by atoms with Crippen LogP contribution in [0.25, 0.3) is 0 Å². The molecule has 1 rings (SSSR count). The minimum Gasteiger partial charge on any atom is -0.330 e. The monoisotopic (exact) mass is 280 g/mol. The van der Waals surface area contributed by atoms with Gasteiger partial charge in [0.15, 0.2) is 0 Å². The van der Waals surface area contributed by atoms with Crippen molar-refractivity contribution in [3.8, 4) is 0 Å². The molecular weight excluding hydrogens is 257 g/mol. The first-order valence-electron chi connectivity index (χ1n) is 6.85. The van der Waals surface area contributed by atoms with E-state index in [0.29, 0.717) is 25.8 Å². The number of nitrogens with two attached hydrogens (primary N) is 1. The number of amides is 1. The van der Waals surface area contributed by atoms with Gasteiger partial charge in [-0.25, -0.2) is 0 Å². The molecule has 2 unspecified atom stereocenters. The minimum absolute atomic E-state index is 0.00834. The highest BCUT2D eigenvalue weighted by Gasteiger charge is 2.48. The van der Waals surface area contributed by atoms with Crippen molar-refractivity contribution in [2.75, 3.05) is 6.54 Å². The van der Waals surface area contributed by atoms with Crippen molar-refractivity contribution >= 4 is 5.91 Å². The van der Waals surface area contributed by atoms with Crippen molar-refractivity contribution in [3.05, 3.63) is 0 Å². The van der Waals surface area contributed by atoms with E-state index in [4.69, 9.17) is 5.73 Å². The molecule has 0 aromatic heterocycles. The normalized spacial score (nSPS) is 24.9. The number of carbonyl (C=O) groups is 1. The summed E-state index contributed by atoms with van der Waals surface area (Å²) < 4.78 is 39.2. The van der Waals surface area contributed by atoms with Crippen LogP contribution in [0.4, 0.5) is 13.2 Å². The summed E-state index contributed by atoms with van der Waals surface area (Å²) in [7, 11) is 0. The van der Waals surface area contributed by atoms with Crippen LogP contribution in [0.15, 0.2) is 0 Å². The van der Waals surface area contributed by atoms with Crippen LogP contribution in [-0.2, 0) is 4.79 Å². The molecule has 0 aliphatic carbocycles. The van der Waals surface area contributed by atoms with Gasteiger partial charge < -0.3 is 10.6 Å². The number of hydrogen-bond acceptors (Lipinski definition) is 2. The van der Waals surface area contributed by atoms with E-state index in [0.717, 1.165) is 4.90 Å². The van der Waals surface area contributed by atoms with Crippen LogP contribution in [0.3, 0.4) is 0 Å². The fraction of sp³-hybridized carbons (Fsp3) is 0.923. The highest BCUT2D eigenvalue weighted by atomic mass is 19.4. The lowest BCUT2D eigenvalue weighted by molar-refractivity contribution is -0.203. The third-order valence-electron chi connectivity index (χ3n) is 3.49. The summed E-state index contributed by atoms with van der Waals surface area (Å²) in [6, 6.07) is -2.00. The highest BCUT2D eigenvalue weighted by Crippen LogP contribution is 2.36. The van der Waals surface area contributed by atoms with E-state index in [1.165, 1.54) is 0 Å². The number of nitrogens with zero attached hydrogens (tertiary/aromatic N) is 1. The number of alkyl halides is 3. The molecule has 0 spiro atoms. The molecule has 19 heavy (non-hydrogen) atoms. The quantitative estimate of drug-likeness (QED) is 0.860. The molecule has 0 bridgehead atoms. The fourth-order valence-corrected chi connectivity index (χ4v) is 2.71. The van der Waals surface area contributed by atoms with Crippen LogP contribution in [0.1, 0.15) is 46.0 Å². The van der Waals surface area contributed by atoms with Gasteiger partial charge in [0.2, 0.25) is 5.91 Å². The second-order valence-corrected chi connectivity index (χ2v) is 5.62. The molecule has 6 heteroatoms. The summed E-state index contributed by atoms with van der Waals surface area (Å²) in [4.78, 5) is 13.2. The molecule has 1 aliphatic rings. The van der Waals surface area contributed by atoms with Crippen molar-refractivity contribution < 1.29 is 18.0 Å². The second-order valence-electron chi connectivity index (χ2n) is 5.62. The van der Waals surface area contributed by atoms with Crippen molar-refractivity contribution in [2.24, 2.45) is 11.7 Å². The molecule has 2 N–H and O–H groups in total. The maximum Gasteiger partial charge on any atom is 0.408 e. The van der Waals surface area contributed by atoms with Gasteiger partial charge >= 0.3 is 6.18 Å². The molecule has 1 amide bonds. The molecule has 0 saturated carbocycles. The molecule has 1 heterocycles. The topological polar surface area (TPSA) is 46.3 Å². The summed E-state index contributed by atoms with van der Waals surface area (Å²) in [5.74, 6) is -0.336. The minimum atomic E-state index is -4.35. The summed E-state index contributed by atoms with van der Waals surface area (Å²) >= 11 is 0. The lowest BCUT2D eigenvalue weighted by Gasteiger charge is -2.43. The van der Waals surface area contributed by atoms with E-state index >= 15 is 0 Å². The molecule has 0 aromatic rings. The number of halogens is 3.